The molecule has 3 aromatic carbocycles. The van der Waals surface area contributed by atoms with E-state index in [1.54, 1.807) is 53.4 Å². The van der Waals surface area contributed by atoms with Crippen LogP contribution in [0.1, 0.15) is 51.5 Å². The Labute approximate surface area is 335 Å². The number of hydrogen-bond donors (Lipinski definition) is 3. The molecule has 2 aromatic heterocycles. The van der Waals surface area contributed by atoms with Crippen LogP contribution in [0.15, 0.2) is 83.8 Å². The third-order valence-electron chi connectivity index (χ3n) is 9.96. The van der Waals surface area contributed by atoms with E-state index in [2.05, 4.69) is 38.8 Å². The van der Waals surface area contributed by atoms with Gasteiger partial charge in [0.1, 0.15) is 5.82 Å². The number of amides is 4. The first-order valence-corrected chi connectivity index (χ1v) is 19.2. The number of benzene rings is 3. The highest BCUT2D eigenvalue weighted by molar-refractivity contribution is 6.02. The number of nitrogens with one attached hydrogen (secondary N) is 3. The summed E-state index contributed by atoms with van der Waals surface area (Å²) >= 11 is 0. The predicted octanol–water partition coefficient (Wildman–Crippen LogP) is 3.90. The van der Waals surface area contributed by atoms with Gasteiger partial charge in [-0.05, 0) is 54.4 Å². The second kappa shape index (κ2) is 19.2. The summed E-state index contributed by atoms with van der Waals surface area (Å²) in [4.78, 5) is 73.0. The smallest absolute Gasteiger partial charge is 0.272 e. The van der Waals surface area contributed by atoms with Crippen LogP contribution in [0.2, 0.25) is 0 Å². The Morgan fingerprint density at radius 2 is 1.66 bits per heavy atom. The number of H-pyrrole nitrogens is 1. The number of piperazine rings is 1. The predicted molar refractivity (Wildman–Crippen MR) is 218 cm³/mol. The van der Waals surface area contributed by atoms with Crippen molar-refractivity contribution in [2.75, 3.05) is 71.4 Å². The Morgan fingerprint density at radius 1 is 0.897 bits per heavy atom. The first-order valence-electron chi connectivity index (χ1n) is 19.2. The minimum atomic E-state index is -0.634. The Balaban J connectivity index is 0.916. The molecule has 14 nitrogen and oxygen atoms in total. The number of nitrogens with zero attached hydrogens (tertiary/aromatic N) is 5. The first kappa shape index (κ1) is 41.3. The first-order chi connectivity index (χ1) is 28.0. The van der Waals surface area contributed by atoms with Crippen LogP contribution < -0.4 is 16.2 Å². The maximum absolute atomic E-state index is 15.0. The van der Waals surface area contributed by atoms with E-state index in [0.717, 1.165) is 23.1 Å². The zero-order chi connectivity index (χ0) is 41.2. The van der Waals surface area contributed by atoms with E-state index < -0.39 is 17.6 Å². The van der Waals surface area contributed by atoms with E-state index in [9.17, 15) is 28.4 Å². The van der Waals surface area contributed by atoms with Crippen molar-refractivity contribution in [1.82, 2.24) is 35.2 Å². The summed E-state index contributed by atoms with van der Waals surface area (Å²) in [7, 11) is 1.81. The maximum Gasteiger partial charge on any atom is 0.272 e. The number of pyridine rings is 1. The molecule has 302 valence electrons. The highest BCUT2D eigenvalue weighted by Gasteiger charge is 2.27. The fourth-order valence-corrected chi connectivity index (χ4v) is 6.79. The quantitative estimate of drug-likeness (QED) is 0.133. The zero-order valence-electron chi connectivity index (χ0n) is 32.8. The Bertz CT molecular complexity index is 2360. The average molecular weight is 791 g/mol. The Morgan fingerprint density at radius 3 is 2.41 bits per heavy atom. The minimum Gasteiger partial charge on any atom is -0.378 e. The molecular weight excluding hydrogens is 744 g/mol. The molecule has 0 radical (unpaired) electrons. The van der Waals surface area contributed by atoms with Crippen LogP contribution in [-0.4, -0.2) is 120 Å². The third-order valence-corrected chi connectivity index (χ3v) is 9.96. The highest BCUT2D eigenvalue weighted by Crippen LogP contribution is 2.26. The van der Waals surface area contributed by atoms with Gasteiger partial charge in [-0.25, -0.2) is 14.5 Å². The van der Waals surface area contributed by atoms with Gasteiger partial charge in [0.25, 0.3) is 17.4 Å². The number of hydrogen-bond acceptors (Lipinski definition) is 9. The van der Waals surface area contributed by atoms with Gasteiger partial charge in [-0.1, -0.05) is 55.5 Å². The molecule has 1 fully saturated rings. The number of fused-ring (bicyclic) bond motifs is 1. The molecule has 0 bridgehead atoms. The standard InChI is InChI=1S/C43H47FN8O6/c1-4-29-8-7-9-31(22-29)32-25-38(47-28(2)53)40(46-26-32)42(56)45-14-20-58-21-19-50(3)27-39(54)51-15-17-52(18-16-51)43(57)35-23-30(12-13-36(35)44)24-37-33-10-5-6-11-34(33)41(55)49-48-37/h5-13,22-23,25-26H,4,14-21,24,27H2,1-3H3,(H,45,56)(H,47,53)(H,49,55). The number of aromatic amines is 1. The van der Waals surface area contributed by atoms with Crippen LogP contribution in [0, 0.1) is 5.82 Å². The number of carbonyl (C=O) groups excluding carboxylic acids is 4. The Hall–Kier alpha value is -6.32. The third kappa shape index (κ3) is 10.3. The lowest BCUT2D eigenvalue weighted by Crippen LogP contribution is -2.52. The van der Waals surface area contributed by atoms with Gasteiger partial charge in [0.15, 0.2) is 5.69 Å². The van der Waals surface area contributed by atoms with E-state index in [1.165, 1.54) is 19.1 Å². The molecule has 1 aliphatic rings. The van der Waals surface area contributed by atoms with E-state index in [1.807, 2.05) is 29.2 Å². The molecule has 5 aromatic rings. The minimum absolute atomic E-state index is 0.0559. The van der Waals surface area contributed by atoms with E-state index in [0.29, 0.717) is 60.4 Å². The number of anilines is 1. The molecule has 0 atom stereocenters. The summed E-state index contributed by atoms with van der Waals surface area (Å²) in [5.41, 5.74) is 4.22. The summed E-state index contributed by atoms with van der Waals surface area (Å²) in [6.07, 6.45) is 2.78. The van der Waals surface area contributed by atoms with Gasteiger partial charge in [-0.15, -0.1) is 0 Å². The molecule has 3 heterocycles. The zero-order valence-corrected chi connectivity index (χ0v) is 32.8. The van der Waals surface area contributed by atoms with Crippen molar-refractivity contribution in [2.24, 2.45) is 0 Å². The van der Waals surface area contributed by atoms with Crippen LogP contribution in [0.5, 0.6) is 0 Å². The van der Waals surface area contributed by atoms with Crippen molar-refractivity contribution in [2.45, 2.75) is 26.7 Å². The van der Waals surface area contributed by atoms with Crippen LogP contribution >= 0.6 is 0 Å². The lowest BCUT2D eigenvalue weighted by molar-refractivity contribution is -0.133. The molecule has 0 unspecified atom stereocenters. The summed E-state index contributed by atoms with van der Waals surface area (Å²) in [6.45, 7) is 5.97. The molecule has 3 N–H and O–H groups in total. The van der Waals surface area contributed by atoms with Crippen molar-refractivity contribution in [1.29, 1.82) is 0 Å². The van der Waals surface area contributed by atoms with Crippen molar-refractivity contribution in [3.63, 3.8) is 0 Å². The van der Waals surface area contributed by atoms with Crippen molar-refractivity contribution in [3.8, 4) is 11.1 Å². The van der Waals surface area contributed by atoms with Gasteiger partial charge in [0.2, 0.25) is 11.8 Å². The molecule has 58 heavy (non-hydrogen) atoms. The number of aromatic nitrogens is 3. The summed E-state index contributed by atoms with van der Waals surface area (Å²) in [6, 6.07) is 21.2. The van der Waals surface area contributed by atoms with E-state index in [4.69, 9.17) is 4.74 Å². The number of carbonyl (C=O) groups is 4. The lowest BCUT2D eigenvalue weighted by atomic mass is 10.0. The Kier molecular flexibility index (Phi) is 13.7. The topological polar surface area (TPSA) is 170 Å². The molecule has 0 spiro atoms. The second-order valence-corrected chi connectivity index (χ2v) is 14.2. The fourth-order valence-electron chi connectivity index (χ4n) is 6.79. The summed E-state index contributed by atoms with van der Waals surface area (Å²) < 4.78 is 20.7. The molecule has 1 aliphatic heterocycles. The number of halogens is 1. The van der Waals surface area contributed by atoms with Crippen molar-refractivity contribution in [3.05, 3.63) is 123 Å². The summed E-state index contributed by atoms with van der Waals surface area (Å²) in [5, 5.41) is 13.4. The molecule has 1 saturated heterocycles. The van der Waals surface area contributed by atoms with Crippen LogP contribution in [0.4, 0.5) is 10.1 Å². The monoisotopic (exact) mass is 790 g/mol. The van der Waals surface area contributed by atoms with Crippen LogP contribution in [0.25, 0.3) is 21.9 Å². The molecule has 0 aliphatic carbocycles. The molecule has 0 saturated carbocycles. The normalized spacial score (nSPS) is 12.8. The highest BCUT2D eigenvalue weighted by atomic mass is 19.1. The van der Waals surface area contributed by atoms with Gasteiger partial charge in [-0.2, -0.15) is 5.10 Å². The molecule has 6 rings (SSSR count). The van der Waals surface area contributed by atoms with E-state index in [-0.39, 0.29) is 61.4 Å². The largest absolute Gasteiger partial charge is 0.378 e. The molecule has 15 heteroatoms. The SMILES string of the molecule is CCc1cccc(-c2cnc(C(=O)NCCOCCN(C)CC(=O)N3CCN(C(=O)c4cc(Cc5n[nH]c(=O)c6ccccc56)ccc4F)CC3)c(NC(C)=O)c2)c1. The van der Waals surface area contributed by atoms with Crippen LogP contribution in [-0.2, 0) is 27.2 Å². The maximum atomic E-state index is 15.0. The second-order valence-electron chi connectivity index (χ2n) is 14.2. The number of aryl methyl sites for hydroxylation is 1. The van der Waals surface area contributed by atoms with Crippen LogP contribution in [0.3, 0.4) is 0 Å². The van der Waals surface area contributed by atoms with Gasteiger partial charge < -0.3 is 25.2 Å². The van der Waals surface area contributed by atoms with Gasteiger partial charge in [-0.3, -0.25) is 28.9 Å². The summed E-state index contributed by atoms with van der Waals surface area (Å²) in [5.74, 6) is -1.95. The lowest BCUT2D eigenvalue weighted by Gasteiger charge is -2.35. The van der Waals surface area contributed by atoms with E-state index >= 15 is 0 Å². The fraction of sp³-hybridized carbons (Fsp3) is 0.326. The average Bonchev–Trinajstić information content (AvgIpc) is 3.23. The molecular formula is C43H47FN8O6. The number of ether oxygens (including phenoxy) is 1. The van der Waals surface area contributed by atoms with Gasteiger partial charge in [0, 0.05) is 69.8 Å². The number of rotatable bonds is 15. The van der Waals surface area contributed by atoms with Gasteiger partial charge >= 0.3 is 0 Å². The van der Waals surface area contributed by atoms with Gasteiger partial charge in [0.05, 0.1) is 42.1 Å². The van der Waals surface area contributed by atoms with Crippen molar-refractivity contribution >= 4 is 40.1 Å². The van der Waals surface area contributed by atoms with Crippen molar-refractivity contribution < 1.29 is 28.3 Å². The molecule has 4 amide bonds. The number of likely N-dealkylation sites (N-methyl/N-ethyl adjacent to an activating group) is 1.